The van der Waals surface area contributed by atoms with Crippen molar-refractivity contribution in [2.75, 3.05) is 0 Å². The fourth-order valence-electron chi connectivity index (χ4n) is 1.71. The summed E-state index contributed by atoms with van der Waals surface area (Å²) in [6.45, 7) is 0. The normalized spacial score (nSPS) is 12.6. The largest absolute Gasteiger partial charge is 0.271 e. The molecule has 1 aromatic carbocycles. The lowest BCUT2D eigenvalue weighted by Gasteiger charge is -2.15. The first-order valence-electron chi connectivity index (χ1n) is 5.36. The van der Waals surface area contributed by atoms with Crippen LogP contribution < -0.4 is 11.3 Å². The second-order valence-corrected chi connectivity index (χ2v) is 5.21. The number of hydrazine groups is 1. The molecule has 0 saturated carbocycles. The third kappa shape index (κ3) is 3.51. The Balaban J connectivity index is 2.03. The summed E-state index contributed by atoms with van der Waals surface area (Å²) >= 11 is 7.77. The van der Waals surface area contributed by atoms with Gasteiger partial charge in [-0.1, -0.05) is 29.8 Å². The second kappa shape index (κ2) is 6.12. The zero-order valence-electron chi connectivity index (χ0n) is 9.27. The van der Waals surface area contributed by atoms with E-state index in [4.69, 9.17) is 17.4 Å². The van der Waals surface area contributed by atoms with E-state index in [0.29, 0.717) is 0 Å². The SMILES string of the molecule is NNC(Cc1cncs1)Cc1ccccc1Cl. The maximum atomic E-state index is 6.13. The monoisotopic (exact) mass is 267 g/mol. The molecule has 5 heteroatoms. The molecule has 3 N–H and O–H groups in total. The molecule has 1 aromatic heterocycles. The predicted octanol–water partition coefficient (Wildman–Crippen LogP) is 2.41. The van der Waals surface area contributed by atoms with Crippen LogP contribution in [0.5, 0.6) is 0 Å². The molecule has 0 aliphatic rings. The Kier molecular flexibility index (Phi) is 4.50. The molecule has 1 heterocycles. The van der Waals surface area contributed by atoms with Crippen LogP contribution in [0, 0.1) is 0 Å². The van der Waals surface area contributed by atoms with E-state index < -0.39 is 0 Å². The van der Waals surface area contributed by atoms with Crippen LogP contribution in [-0.4, -0.2) is 11.0 Å². The molecule has 0 aliphatic heterocycles. The summed E-state index contributed by atoms with van der Waals surface area (Å²) in [5.41, 5.74) is 5.78. The van der Waals surface area contributed by atoms with Crippen molar-refractivity contribution in [3.05, 3.63) is 51.4 Å². The van der Waals surface area contributed by atoms with Gasteiger partial charge in [-0.05, 0) is 18.1 Å². The summed E-state index contributed by atoms with van der Waals surface area (Å²) in [5.74, 6) is 5.58. The lowest BCUT2D eigenvalue weighted by atomic mass is 10.0. The molecule has 1 atom stereocenters. The number of aromatic nitrogens is 1. The Hall–Kier alpha value is -0.940. The van der Waals surface area contributed by atoms with Crippen molar-refractivity contribution in [2.24, 2.45) is 5.84 Å². The van der Waals surface area contributed by atoms with Crippen LogP contribution >= 0.6 is 22.9 Å². The first-order valence-corrected chi connectivity index (χ1v) is 6.62. The molecular formula is C12H14ClN3S. The van der Waals surface area contributed by atoms with Gasteiger partial charge in [0.15, 0.2) is 0 Å². The Bertz CT molecular complexity index is 459. The van der Waals surface area contributed by atoms with Gasteiger partial charge in [0.2, 0.25) is 0 Å². The average Bonchev–Trinajstić information content (AvgIpc) is 2.84. The number of nitrogens with two attached hydrogens (primary N) is 1. The van der Waals surface area contributed by atoms with Crippen LogP contribution in [0.25, 0.3) is 0 Å². The zero-order valence-corrected chi connectivity index (χ0v) is 10.8. The number of thiazole rings is 1. The van der Waals surface area contributed by atoms with Gasteiger partial charge in [0.25, 0.3) is 0 Å². The highest BCUT2D eigenvalue weighted by Gasteiger charge is 2.11. The van der Waals surface area contributed by atoms with Crippen LogP contribution in [-0.2, 0) is 12.8 Å². The fourth-order valence-corrected chi connectivity index (χ4v) is 2.59. The smallest absolute Gasteiger partial charge is 0.0794 e. The fraction of sp³-hybridized carbons (Fsp3) is 0.250. The Morgan fingerprint density at radius 3 is 2.82 bits per heavy atom. The van der Waals surface area contributed by atoms with Crippen molar-refractivity contribution in [3.8, 4) is 0 Å². The Labute approximate surface area is 110 Å². The lowest BCUT2D eigenvalue weighted by molar-refractivity contribution is 0.525. The number of hydrogen-bond acceptors (Lipinski definition) is 4. The molecule has 0 saturated heterocycles. The summed E-state index contributed by atoms with van der Waals surface area (Å²) in [5, 5.41) is 0.789. The van der Waals surface area contributed by atoms with Crippen molar-refractivity contribution >= 4 is 22.9 Å². The van der Waals surface area contributed by atoms with E-state index in [9.17, 15) is 0 Å². The van der Waals surface area contributed by atoms with Crippen molar-refractivity contribution in [2.45, 2.75) is 18.9 Å². The molecule has 1 unspecified atom stereocenters. The molecule has 3 nitrogen and oxygen atoms in total. The third-order valence-corrected chi connectivity index (χ3v) is 3.76. The van der Waals surface area contributed by atoms with Crippen LogP contribution in [0.1, 0.15) is 10.4 Å². The molecule has 0 aliphatic carbocycles. The highest BCUT2D eigenvalue weighted by Crippen LogP contribution is 2.18. The summed E-state index contributed by atoms with van der Waals surface area (Å²) in [6, 6.07) is 8.02. The van der Waals surface area contributed by atoms with Crippen molar-refractivity contribution < 1.29 is 0 Å². The number of nitrogens with one attached hydrogen (secondary N) is 1. The molecular weight excluding hydrogens is 254 g/mol. The minimum absolute atomic E-state index is 0.176. The quantitative estimate of drug-likeness (QED) is 0.646. The minimum Gasteiger partial charge on any atom is -0.271 e. The minimum atomic E-state index is 0.176. The summed E-state index contributed by atoms with van der Waals surface area (Å²) < 4.78 is 0. The van der Waals surface area contributed by atoms with Gasteiger partial charge in [0, 0.05) is 28.6 Å². The number of benzene rings is 1. The molecule has 0 spiro atoms. The molecule has 2 aromatic rings. The Morgan fingerprint density at radius 2 is 2.18 bits per heavy atom. The molecule has 0 bridgehead atoms. The van der Waals surface area contributed by atoms with Crippen molar-refractivity contribution in [3.63, 3.8) is 0 Å². The van der Waals surface area contributed by atoms with Gasteiger partial charge in [-0.25, -0.2) is 0 Å². The van der Waals surface area contributed by atoms with Gasteiger partial charge >= 0.3 is 0 Å². The topological polar surface area (TPSA) is 50.9 Å². The van der Waals surface area contributed by atoms with Crippen LogP contribution in [0.2, 0.25) is 5.02 Å². The summed E-state index contributed by atoms with van der Waals surface area (Å²) in [4.78, 5) is 5.28. The number of hydrogen-bond donors (Lipinski definition) is 2. The van der Waals surface area contributed by atoms with Gasteiger partial charge < -0.3 is 0 Å². The van der Waals surface area contributed by atoms with E-state index in [1.165, 1.54) is 4.88 Å². The second-order valence-electron chi connectivity index (χ2n) is 3.83. The first-order chi connectivity index (χ1) is 8.29. The van der Waals surface area contributed by atoms with E-state index in [-0.39, 0.29) is 6.04 Å². The molecule has 0 fully saturated rings. The third-order valence-electron chi connectivity index (χ3n) is 2.59. The number of rotatable bonds is 5. The van der Waals surface area contributed by atoms with Crippen molar-refractivity contribution in [1.29, 1.82) is 0 Å². The van der Waals surface area contributed by atoms with E-state index in [1.807, 2.05) is 36.0 Å². The number of halogens is 1. The zero-order chi connectivity index (χ0) is 12.1. The van der Waals surface area contributed by atoms with Gasteiger partial charge in [-0.15, -0.1) is 11.3 Å². The lowest BCUT2D eigenvalue weighted by Crippen LogP contribution is -2.38. The maximum Gasteiger partial charge on any atom is 0.0794 e. The molecule has 2 rings (SSSR count). The molecule has 90 valence electrons. The average molecular weight is 268 g/mol. The molecule has 0 radical (unpaired) electrons. The predicted molar refractivity (Wildman–Crippen MR) is 72.1 cm³/mol. The van der Waals surface area contributed by atoms with E-state index in [0.717, 1.165) is 23.4 Å². The van der Waals surface area contributed by atoms with Crippen LogP contribution in [0.3, 0.4) is 0 Å². The highest BCUT2D eigenvalue weighted by atomic mass is 35.5. The van der Waals surface area contributed by atoms with Crippen LogP contribution in [0.4, 0.5) is 0 Å². The highest BCUT2D eigenvalue weighted by molar-refractivity contribution is 7.09. The van der Waals surface area contributed by atoms with Gasteiger partial charge in [0.05, 0.1) is 5.51 Å². The van der Waals surface area contributed by atoms with Crippen LogP contribution in [0.15, 0.2) is 36.0 Å². The Morgan fingerprint density at radius 1 is 1.35 bits per heavy atom. The summed E-state index contributed by atoms with van der Waals surface area (Å²) in [7, 11) is 0. The van der Waals surface area contributed by atoms with E-state index >= 15 is 0 Å². The van der Waals surface area contributed by atoms with Gasteiger partial charge in [-0.2, -0.15) is 0 Å². The van der Waals surface area contributed by atoms with E-state index in [1.54, 1.807) is 11.3 Å². The standard InChI is InChI=1S/C12H14ClN3S/c13-12-4-2-1-3-9(12)5-10(16-14)6-11-7-15-8-17-11/h1-4,7-8,10,16H,5-6,14H2. The summed E-state index contributed by atoms with van der Waals surface area (Å²) in [6.07, 6.45) is 3.56. The number of nitrogens with zero attached hydrogens (tertiary/aromatic N) is 1. The molecule has 17 heavy (non-hydrogen) atoms. The van der Waals surface area contributed by atoms with Gasteiger partial charge in [-0.3, -0.25) is 16.3 Å². The molecule has 0 amide bonds. The maximum absolute atomic E-state index is 6.13. The van der Waals surface area contributed by atoms with Crippen molar-refractivity contribution in [1.82, 2.24) is 10.4 Å². The van der Waals surface area contributed by atoms with E-state index in [2.05, 4.69) is 10.4 Å². The first kappa shape index (κ1) is 12.5. The van der Waals surface area contributed by atoms with Gasteiger partial charge in [0.1, 0.15) is 0 Å².